The van der Waals surface area contributed by atoms with Crippen LogP contribution in [0.3, 0.4) is 0 Å². The smallest absolute Gasteiger partial charge is 0.345 e. The van der Waals surface area contributed by atoms with Gasteiger partial charge in [0.15, 0.2) is 0 Å². The van der Waals surface area contributed by atoms with Crippen molar-refractivity contribution in [2.24, 2.45) is 23.2 Å². The first-order valence-electron chi connectivity index (χ1n) is 12.0. The molecule has 1 N–H and O–H groups in total. The summed E-state index contributed by atoms with van der Waals surface area (Å²) < 4.78 is 7.56. The summed E-state index contributed by atoms with van der Waals surface area (Å²) in [6.07, 6.45) is 8.82. The van der Waals surface area contributed by atoms with Gasteiger partial charge in [-0.05, 0) is 109 Å². The van der Waals surface area contributed by atoms with Crippen molar-refractivity contribution >= 4 is 0 Å². The maximum absolute atomic E-state index is 5.96. The standard InChI is InChI=1S/C26H31N5O/c1-18(26-14-20-11-21(15-26)13-22(12-20)16-26)27-17-19-7-9-24(10-8-19)32-25-28-29-30-31(25)23-5-3-2-4-6-23/h2-10,18,20-22,27H,11-17H2,1H3. The van der Waals surface area contributed by atoms with E-state index in [-0.39, 0.29) is 0 Å². The molecular formula is C26H31N5O. The van der Waals surface area contributed by atoms with E-state index < -0.39 is 0 Å². The summed E-state index contributed by atoms with van der Waals surface area (Å²) in [5, 5.41) is 15.7. The fourth-order valence-corrected chi connectivity index (χ4v) is 6.95. The van der Waals surface area contributed by atoms with Crippen LogP contribution in [0, 0.1) is 23.2 Å². The summed E-state index contributed by atoms with van der Waals surface area (Å²) in [5.41, 5.74) is 2.68. The summed E-state index contributed by atoms with van der Waals surface area (Å²) in [7, 11) is 0. The average molecular weight is 430 g/mol. The fourth-order valence-electron chi connectivity index (χ4n) is 6.95. The highest BCUT2D eigenvalue weighted by molar-refractivity contribution is 5.34. The van der Waals surface area contributed by atoms with E-state index in [1.807, 2.05) is 42.5 Å². The van der Waals surface area contributed by atoms with Crippen LogP contribution in [0.25, 0.3) is 5.69 Å². The Morgan fingerprint density at radius 3 is 2.28 bits per heavy atom. The SMILES string of the molecule is CC(NCc1ccc(Oc2nnnn2-c2ccccc2)cc1)C12CC3CC(CC(C3)C1)C2. The number of para-hydroxylation sites is 1. The lowest BCUT2D eigenvalue weighted by molar-refractivity contribution is -0.0706. The zero-order valence-corrected chi connectivity index (χ0v) is 18.7. The number of ether oxygens (including phenoxy) is 1. The number of hydrogen-bond donors (Lipinski definition) is 1. The maximum atomic E-state index is 5.96. The van der Waals surface area contributed by atoms with E-state index in [1.165, 1.54) is 44.1 Å². The van der Waals surface area contributed by atoms with E-state index in [0.717, 1.165) is 35.7 Å². The number of aromatic nitrogens is 4. The molecule has 3 aromatic rings. The molecule has 2 aromatic carbocycles. The Morgan fingerprint density at radius 2 is 1.62 bits per heavy atom. The molecular weight excluding hydrogens is 398 g/mol. The molecule has 4 bridgehead atoms. The molecule has 0 radical (unpaired) electrons. The third-order valence-corrected chi connectivity index (χ3v) is 8.19. The second-order valence-corrected chi connectivity index (χ2v) is 10.3. The van der Waals surface area contributed by atoms with E-state index >= 15 is 0 Å². The number of nitrogens with one attached hydrogen (secondary N) is 1. The van der Waals surface area contributed by atoms with Crippen molar-refractivity contribution in [3.05, 3.63) is 60.2 Å². The van der Waals surface area contributed by atoms with Crippen LogP contribution in [-0.2, 0) is 6.54 Å². The lowest BCUT2D eigenvalue weighted by atomic mass is 9.48. The van der Waals surface area contributed by atoms with Crippen molar-refractivity contribution in [1.29, 1.82) is 0 Å². The van der Waals surface area contributed by atoms with E-state index in [9.17, 15) is 0 Å². The Hall–Kier alpha value is -2.73. The first kappa shape index (κ1) is 19.9. The van der Waals surface area contributed by atoms with E-state index in [2.05, 4.69) is 39.9 Å². The van der Waals surface area contributed by atoms with Crippen LogP contribution < -0.4 is 10.1 Å². The highest BCUT2D eigenvalue weighted by Crippen LogP contribution is 2.61. The lowest BCUT2D eigenvalue weighted by Crippen LogP contribution is -2.54. The Labute approximate surface area is 189 Å². The van der Waals surface area contributed by atoms with Gasteiger partial charge in [0.1, 0.15) is 5.75 Å². The Kier molecular flexibility index (Phi) is 4.98. The summed E-state index contributed by atoms with van der Waals surface area (Å²) >= 11 is 0. The molecule has 1 atom stereocenters. The molecule has 4 aliphatic carbocycles. The molecule has 4 saturated carbocycles. The quantitative estimate of drug-likeness (QED) is 0.563. The molecule has 32 heavy (non-hydrogen) atoms. The molecule has 6 heteroatoms. The largest absolute Gasteiger partial charge is 0.423 e. The van der Waals surface area contributed by atoms with Crippen molar-refractivity contribution in [2.45, 2.75) is 58.0 Å². The van der Waals surface area contributed by atoms with Gasteiger partial charge >= 0.3 is 6.01 Å². The van der Waals surface area contributed by atoms with Crippen LogP contribution in [0.4, 0.5) is 0 Å². The highest BCUT2D eigenvalue weighted by Gasteiger charge is 2.52. The predicted molar refractivity (Wildman–Crippen MR) is 123 cm³/mol. The van der Waals surface area contributed by atoms with Crippen molar-refractivity contribution in [1.82, 2.24) is 25.5 Å². The maximum Gasteiger partial charge on any atom is 0.345 e. The Balaban J connectivity index is 1.09. The van der Waals surface area contributed by atoms with Crippen molar-refractivity contribution < 1.29 is 4.74 Å². The molecule has 4 fully saturated rings. The fraction of sp³-hybridized carbons (Fsp3) is 0.500. The minimum absolute atomic E-state index is 0.359. The van der Waals surface area contributed by atoms with Crippen LogP contribution in [0.5, 0.6) is 11.8 Å². The molecule has 1 unspecified atom stereocenters. The number of nitrogens with zero attached hydrogens (tertiary/aromatic N) is 4. The van der Waals surface area contributed by atoms with Gasteiger partial charge in [-0.3, -0.25) is 0 Å². The molecule has 0 saturated heterocycles. The topological polar surface area (TPSA) is 64.9 Å². The second-order valence-electron chi connectivity index (χ2n) is 10.3. The molecule has 1 aromatic heterocycles. The van der Waals surface area contributed by atoms with Gasteiger partial charge in [0, 0.05) is 12.6 Å². The molecule has 6 nitrogen and oxygen atoms in total. The molecule has 1 heterocycles. The minimum Gasteiger partial charge on any atom is -0.423 e. The van der Waals surface area contributed by atoms with Gasteiger partial charge in [0.25, 0.3) is 0 Å². The summed E-state index contributed by atoms with van der Waals surface area (Å²) in [6.45, 7) is 3.32. The van der Waals surface area contributed by atoms with Gasteiger partial charge in [-0.15, -0.1) is 0 Å². The van der Waals surface area contributed by atoms with Crippen LogP contribution in [0.1, 0.15) is 51.0 Å². The van der Waals surface area contributed by atoms with Crippen molar-refractivity contribution in [3.8, 4) is 17.4 Å². The van der Waals surface area contributed by atoms with Gasteiger partial charge < -0.3 is 10.1 Å². The third kappa shape index (κ3) is 3.71. The highest BCUT2D eigenvalue weighted by atomic mass is 16.5. The van der Waals surface area contributed by atoms with Crippen molar-refractivity contribution in [3.63, 3.8) is 0 Å². The van der Waals surface area contributed by atoms with Gasteiger partial charge in [-0.1, -0.05) is 35.4 Å². The van der Waals surface area contributed by atoms with Gasteiger partial charge in [0.2, 0.25) is 0 Å². The first-order valence-corrected chi connectivity index (χ1v) is 12.0. The minimum atomic E-state index is 0.359. The Bertz CT molecular complexity index is 1030. The van der Waals surface area contributed by atoms with Gasteiger partial charge in [0.05, 0.1) is 5.69 Å². The summed E-state index contributed by atoms with van der Waals surface area (Å²) in [5.74, 6) is 3.72. The average Bonchev–Trinajstić information content (AvgIpc) is 3.26. The molecule has 7 rings (SSSR count). The Morgan fingerprint density at radius 1 is 0.969 bits per heavy atom. The zero-order chi connectivity index (χ0) is 21.5. The normalized spacial score (nSPS) is 29.2. The third-order valence-electron chi connectivity index (χ3n) is 8.19. The molecule has 0 aliphatic heterocycles. The predicted octanol–water partition coefficient (Wildman–Crippen LogP) is 5.15. The molecule has 0 spiro atoms. The monoisotopic (exact) mass is 429 g/mol. The first-order chi connectivity index (χ1) is 15.7. The van der Waals surface area contributed by atoms with Crippen LogP contribution in [0.15, 0.2) is 54.6 Å². The number of tetrazole rings is 1. The summed E-state index contributed by atoms with van der Waals surface area (Å²) in [4.78, 5) is 0. The second kappa shape index (κ2) is 8.00. The lowest BCUT2D eigenvalue weighted by Gasteiger charge is -2.59. The van der Waals surface area contributed by atoms with E-state index in [0.29, 0.717) is 17.5 Å². The van der Waals surface area contributed by atoms with Gasteiger partial charge in [-0.25, -0.2) is 0 Å². The van der Waals surface area contributed by atoms with Crippen molar-refractivity contribution in [2.75, 3.05) is 0 Å². The molecule has 0 amide bonds. The molecule has 166 valence electrons. The van der Waals surface area contributed by atoms with Crippen LogP contribution in [0.2, 0.25) is 0 Å². The zero-order valence-electron chi connectivity index (χ0n) is 18.7. The van der Waals surface area contributed by atoms with Crippen LogP contribution in [-0.4, -0.2) is 26.2 Å². The van der Waals surface area contributed by atoms with E-state index in [4.69, 9.17) is 4.74 Å². The number of benzene rings is 2. The molecule has 4 aliphatic rings. The van der Waals surface area contributed by atoms with Crippen LogP contribution >= 0.6 is 0 Å². The number of hydrogen-bond acceptors (Lipinski definition) is 5. The van der Waals surface area contributed by atoms with Gasteiger partial charge in [-0.2, -0.15) is 4.68 Å². The number of rotatable bonds is 7. The summed E-state index contributed by atoms with van der Waals surface area (Å²) in [6, 6.07) is 18.9. The van der Waals surface area contributed by atoms with E-state index in [1.54, 1.807) is 4.68 Å².